The number of aromatic nitrogens is 4. The number of amides is 1. The highest BCUT2D eigenvalue weighted by atomic mass is 32.2. The summed E-state index contributed by atoms with van der Waals surface area (Å²) >= 11 is 1.32. The quantitative estimate of drug-likeness (QED) is 0.809. The van der Waals surface area contributed by atoms with Gasteiger partial charge in [0.05, 0.1) is 11.5 Å². The zero-order valence-electron chi connectivity index (χ0n) is 11.6. The Morgan fingerprint density at radius 1 is 1.50 bits per heavy atom. The number of carbonyl (C=O) groups is 1. The van der Waals surface area contributed by atoms with Crippen LogP contribution in [0.25, 0.3) is 0 Å². The molecule has 1 unspecified atom stereocenters. The molecule has 108 valence electrons. The fraction of sp³-hybridized carbons (Fsp3) is 0.500. The van der Waals surface area contributed by atoms with Gasteiger partial charge in [0.15, 0.2) is 0 Å². The lowest BCUT2D eigenvalue weighted by atomic mass is 10.3. The molecule has 2 aromatic heterocycles. The minimum absolute atomic E-state index is 0.0300. The SMILES string of the molecule is CC(C)NC(=O)C(C)Sc1nnnn1Cc1ccco1. The molecular formula is C12H17N5O2S. The molecule has 1 amide bonds. The van der Waals surface area contributed by atoms with Gasteiger partial charge >= 0.3 is 0 Å². The second-order valence-corrected chi connectivity index (χ2v) is 5.93. The van der Waals surface area contributed by atoms with Crippen LogP contribution in [-0.2, 0) is 11.3 Å². The number of carbonyl (C=O) groups excluding carboxylic acids is 1. The van der Waals surface area contributed by atoms with E-state index in [1.54, 1.807) is 10.9 Å². The first kappa shape index (κ1) is 14.6. The summed E-state index contributed by atoms with van der Waals surface area (Å²) in [4.78, 5) is 11.9. The highest BCUT2D eigenvalue weighted by molar-refractivity contribution is 8.00. The first-order valence-corrected chi connectivity index (χ1v) is 7.20. The second kappa shape index (κ2) is 6.56. The van der Waals surface area contributed by atoms with Crippen molar-refractivity contribution in [1.82, 2.24) is 25.5 Å². The van der Waals surface area contributed by atoms with E-state index in [9.17, 15) is 4.79 Å². The van der Waals surface area contributed by atoms with E-state index in [0.717, 1.165) is 5.76 Å². The van der Waals surface area contributed by atoms with Gasteiger partial charge in [-0.1, -0.05) is 11.8 Å². The summed E-state index contributed by atoms with van der Waals surface area (Å²) < 4.78 is 6.88. The number of hydrogen-bond acceptors (Lipinski definition) is 6. The van der Waals surface area contributed by atoms with E-state index < -0.39 is 0 Å². The third-order valence-electron chi connectivity index (χ3n) is 2.47. The normalized spacial score (nSPS) is 12.6. The van der Waals surface area contributed by atoms with Gasteiger partial charge in [0.25, 0.3) is 0 Å². The van der Waals surface area contributed by atoms with Gasteiger partial charge in [-0.05, 0) is 43.3 Å². The van der Waals surface area contributed by atoms with Gasteiger partial charge in [-0.25, -0.2) is 4.68 Å². The van der Waals surface area contributed by atoms with Crippen LogP contribution in [0.4, 0.5) is 0 Å². The molecular weight excluding hydrogens is 278 g/mol. The number of hydrogen-bond donors (Lipinski definition) is 1. The maximum atomic E-state index is 11.9. The summed E-state index contributed by atoms with van der Waals surface area (Å²) in [5, 5.41) is 14.7. The van der Waals surface area contributed by atoms with Crippen LogP contribution in [0.5, 0.6) is 0 Å². The van der Waals surface area contributed by atoms with Crippen LogP contribution in [0.2, 0.25) is 0 Å². The molecule has 0 saturated heterocycles. The van der Waals surface area contributed by atoms with Gasteiger partial charge in [-0.15, -0.1) is 5.10 Å². The molecule has 8 heteroatoms. The molecule has 0 fully saturated rings. The van der Waals surface area contributed by atoms with Crippen LogP contribution in [0.3, 0.4) is 0 Å². The van der Waals surface area contributed by atoms with E-state index >= 15 is 0 Å². The lowest BCUT2D eigenvalue weighted by Gasteiger charge is -2.13. The third-order valence-corrected chi connectivity index (χ3v) is 3.54. The molecule has 0 radical (unpaired) electrons. The van der Waals surface area contributed by atoms with Crippen LogP contribution in [-0.4, -0.2) is 37.4 Å². The van der Waals surface area contributed by atoms with Crippen molar-refractivity contribution in [3.63, 3.8) is 0 Å². The Morgan fingerprint density at radius 2 is 2.30 bits per heavy atom. The van der Waals surface area contributed by atoms with Crippen LogP contribution in [0, 0.1) is 0 Å². The first-order valence-electron chi connectivity index (χ1n) is 6.32. The number of rotatable bonds is 6. The zero-order valence-corrected chi connectivity index (χ0v) is 12.4. The molecule has 0 bridgehead atoms. The molecule has 0 aliphatic carbocycles. The van der Waals surface area contributed by atoms with Crippen LogP contribution in [0.1, 0.15) is 26.5 Å². The van der Waals surface area contributed by atoms with Crippen molar-refractivity contribution in [2.24, 2.45) is 0 Å². The third kappa shape index (κ3) is 3.83. The summed E-state index contributed by atoms with van der Waals surface area (Å²) in [6, 6.07) is 3.78. The van der Waals surface area contributed by atoms with Crippen LogP contribution in [0.15, 0.2) is 28.0 Å². The monoisotopic (exact) mass is 295 g/mol. The van der Waals surface area contributed by atoms with Gasteiger partial charge in [-0.2, -0.15) is 0 Å². The Morgan fingerprint density at radius 3 is 2.95 bits per heavy atom. The Hall–Kier alpha value is -1.83. The maximum absolute atomic E-state index is 11.9. The van der Waals surface area contributed by atoms with E-state index in [4.69, 9.17) is 4.42 Å². The molecule has 1 atom stereocenters. The summed E-state index contributed by atoms with van der Waals surface area (Å²) in [6.45, 7) is 6.13. The van der Waals surface area contributed by atoms with E-state index in [0.29, 0.717) is 11.7 Å². The number of thioether (sulfide) groups is 1. The number of furan rings is 1. The highest BCUT2D eigenvalue weighted by Gasteiger charge is 2.19. The van der Waals surface area contributed by atoms with Crippen molar-refractivity contribution in [2.45, 2.75) is 43.8 Å². The summed E-state index contributed by atoms with van der Waals surface area (Å²) in [5.41, 5.74) is 0. The predicted octanol–water partition coefficient (Wildman–Crippen LogP) is 1.32. The Kier molecular flexibility index (Phi) is 4.78. The standard InChI is InChI=1S/C12H17N5O2S/c1-8(2)13-11(18)9(3)20-12-14-15-16-17(12)7-10-5-4-6-19-10/h4-6,8-9H,7H2,1-3H3,(H,13,18). The number of nitrogens with one attached hydrogen (secondary N) is 1. The molecule has 0 spiro atoms. The van der Waals surface area contributed by atoms with E-state index in [1.165, 1.54) is 11.8 Å². The molecule has 0 aromatic carbocycles. The van der Waals surface area contributed by atoms with E-state index in [1.807, 2.05) is 32.9 Å². The smallest absolute Gasteiger partial charge is 0.233 e. The summed E-state index contributed by atoms with van der Waals surface area (Å²) in [7, 11) is 0. The zero-order chi connectivity index (χ0) is 14.5. The van der Waals surface area contributed by atoms with E-state index in [-0.39, 0.29) is 17.2 Å². The molecule has 2 aromatic rings. The molecule has 2 heterocycles. The largest absolute Gasteiger partial charge is 0.467 e. The predicted molar refractivity (Wildman–Crippen MR) is 74.2 cm³/mol. The van der Waals surface area contributed by atoms with E-state index in [2.05, 4.69) is 20.8 Å². The Bertz CT molecular complexity index is 552. The van der Waals surface area contributed by atoms with Gasteiger partial charge in [0.2, 0.25) is 11.1 Å². The average molecular weight is 295 g/mol. The average Bonchev–Trinajstić information content (AvgIpc) is 3.01. The lowest BCUT2D eigenvalue weighted by Crippen LogP contribution is -2.36. The van der Waals surface area contributed by atoms with Crippen molar-refractivity contribution in [3.8, 4) is 0 Å². The lowest BCUT2D eigenvalue weighted by molar-refractivity contribution is -0.120. The number of tetrazole rings is 1. The molecule has 1 N–H and O–H groups in total. The Balaban J connectivity index is 1.99. The second-order valence-electron chi connectivity index (χ2n) is 4.62. The van der Waals surface area contributed by atoms with Crippen LogP contribution >= 0.6 is 11.8 Å². The Labute approximate surface area is 121 Å². The first-order chi connectivity index (χ1) is 9.56. The summed E-state index contributed by atoms with van der Waals surface area (Å²) in [6.07, 6.45) is 1.60. The fourth-order valence-corrected chi connectivity index (χ4v) is 2.34. The molecule has 0 aliphatic rings. The maximum Gasteiger partial charge on any atom is 0.233 e. The van der Waals surface area contributed by atoms with Gasteiger partial charge in [-0.3, -0.25) is 4.79 Å². The number of nitrogens with zero attached hydrogens (tertiary/aromatic N) is 4. The highest BCUT2D eigenvalue weighted by Crippen LogP contribution is 2.21. The van der Waals surface area contributed by atoms with Crippen molar-refractivity contribution in [1.29, 1.82) is 0 Å². The molecule has 2 rings (SSSR count). The van der Waals surface area contributed by atoms with Gasteiger partial charge in [0, 0.05) is 6.04 Å². The van der Waals surface area contributed by atoms with Gasteiger partial charge in [0.1, 0.15) is 12.3 Å². The van der Waals surface area contributed by atoms with Crippen molar-refractivity contribution in [3.05, 3.63) is 24.2 Å². The van der Waals surface area contributed by atoms with Gasteiger partial charge < -0.3 is 9.73 Å². The fourth-order valence-electron chi connectivity index (χ4n) is 1.54. The van der Waals surface area contributed by atoms with Crippen molar-refractivity contribution >= 4 is 17.7 Å². The topological polar surface area (TPSA) is 85.8 Å². The van der Waals surface area contributed by atoms with Crippen molar-refractivity contribution < 1.29 is 9.21 Å². The molecule has 0 aliphatic heterocycles. The molecule has 7 nitrogen and oxygen atoms in total. The van der Waals surface area contributed by atoms with Crippen molar-refractivity contribution in [2.75, 3.05) is 0 Å². The summed E-state index contributed by atoms with van der Waals surface area (Å²) in [5.74, 6) is 0.732. The molecule has 20 heavy (non-hydrogen) atoms. The minimum atomic E-state index is -0.265. The minimum Gasteiger partial charge on any atom is -0.467 e. The molecule has 0 saturated carbocycles. The van der Waals surface area contributed by atoms with Crippen LogP contribution < -0.4 is 5.32 Å².